The molecule has 0 amide bonds. The Hall–Kier alpha value is -3.32. The van der Waals surface area contributed by atoms with E-state index < -0.39 is 24.2 Å². The van der Waals surface area contributed by atoms with E-state index in [0.717, 1.165) is 5.56 Å². The summed E-state index contributed by atoms with van der Waals surface area (Å²) in [6.45, 7) is 3.76. The van der Waals surface area contributed by atoms with E-state index >= 15 is 0 Å². The molecule has 0 spiro atoms. The summed E-state index contributed by atoms with van der Waals surface area (Å²) < 4.78 is 15.3. The lowest BCUT2D eigenvalue weighted by atomic mass is 10.1. The molecule has 1 aliphatic heterocycles. The average molecular weight is 416 g/mol. The maximum atomic E-state index is 12.5. The molecular formula is C21H18ClNO6. The lowest BCUT2D eigenvalue weighted by molar-refractivity contribution is -0.152. The van der Waals surface area contributed by atoms with Gasteiger partial charge in [0.05, 0.1) is 17.7 Å². The summed E-state index contributed by atoms with van der Waals surface area (Å²) in [6.07, 6.45) is -1.31. The number of hydrogen-bond donors (Lipinski definition) is 1. The Morgan fingerprint density at radius 2 is 1.79 bits per heavy atom. The van der Waals surface area contributed by atoms with E-state index in [1.807, 2.05) is 0 Å². The molecule has 3 rings (SSSR count). The van der Waals surface area contributed by atoms with Crippen molar-refractivity contribution in [3.63, 3.8) is 0 Å². The third-order valence-corrected chi connectivity index (χ3v) is 4.48. The molecule has 2 aromatic carbocycles. The van der Waals surface area contributed by atoms with Crippen molar-refractivity contribution < 1.29 is 28.6 Å². The Labute approximate surface area is 172 Å². The normalized spacial score (nSPS) is 15.7. The van der Waals surface area contributed by atoms with Gasteiger partial charge in [-0.2, -0.15) is 0 Å². The smallest absolute Gasteiger partial charge is 0.355 e. The topological polar surface area (TPSA) is 90.9 Å². The van der Waals surface area contributed by atoms with Crippen LogP contribution >= 0.6 is 11.6 Å². The molecule has 0 fully saturated rings. The molecule has 1 atom stereocenters. The van der Waals surface area contributed by atoms with Gasteiger partial charge in [0.1, 0.15) is 5.70 Å². The minimum atomic E-state index is -1.31. The van der Waals surface area contributed by atoms with Crippen molar-refractivity contribution in [3.8, 4) is 0 Å². The van der Waals surface area contributed by atoms with E-state index in [1.54, 1.807) is 62.4 Å². The third kappa shape index (κ3) is 4.57. The Kier molecular flexibility index (Phi) is 6.19. The Morgan fingerprint density at radius 1 is 1.10 bits per heavy atom. The lowest BCUT2D eigenvalue weighted by Crippen LogP contribution is -2.24. The number of benzene rings is 2. The van der Waals surface area contributed by atoms with Crippen LogP contribution in [0.15, 0.2) is 59.3 Å². The first kappa shape index (κ1) is 20.4. The molecule has 0 aliphatic carbocycles. The van der Waals surface area contributed by atoms with E-state index in [9.17, 15) is 14.4 Å². The Bertz CT molecular complexity index is 983. The fraction of sp³-hybridized carbons (Fsp3) is 0.190. The molecule has 1 unspecified atom stereocenters. The molecule has 0 aromatic heterocycles. The zero-order chi connectivity index (χ0) is 21.0. The van der Waals surface area contributed by atoms with E-state index in [1.165, 1.54) is 0 Å². The molecule has 150 valence electrons. The van der Waals surface area contributed by atoms with Gasteiger partial charge in [-0.1, -0.05) is 29.8 Å². The zero-order valence-electron chi connectivity index (χ0n) is 15.7. The van der Waals surface area contributed by atoms with Crippen molar-refractivity contribution in [2.75, 3.05) is 11.9 Å². The molecule has 0 bridgehead atoms. The molecule has 2 aromatic rings. The quantitative estimate of drug-likeness (QED) is 0.718. The van der Waals surface area contributed by atoms with Crippen LogP contribution in [0.25, 0.3) is 0 Å². The summed E-state index contributed by atoms with van der Waals surface area (Å²) in [5, 5.41) is 2.69. The second kappa shape index (κ2) is 8.79. The van der Waals surface area contributed by atoms with Crippen LogP contribution in [0, 0.1) is 6.92 Å². The number of carbonyl (C=O) groups is 3. The van der Waals surface area contributed by atoms with Crippen molar-refractivity contribution in [1.29, 1.82) is 0 Å². The Morgan fingerprint density at radius 3 is 2.45 bits per heavy atom. The largest absolute Gasteiger partial charge is 0.462 e. The predicted octanol–water partition coefficient (Wildman–Crippen LogP) is 3.77. The van der Waals surface area contributed by atoms with Crippen LogP contribution in [0.4, 0.5) is 5.69 Å². The molecule has 7 nitrogen and oxygen atoms in total. The van der Waals surface area contributed by atoms with Gasteiger partial charge in [-0.05, 0) is 49.7 Å². The number of rotatable bonds is 6. The second-order valence-electron chi connectivity index (χ2n) is 6.11. The molecule has 1 heterocycles. The first-order chi connectivity index (χ1) is 13.9. The molecule has 29 heavy (non-hydrogen) atoms. The van der Waals surface area contributed by atoms with Crippen LogP contribution in [-0.2, 0) is 19.0 Å². The number of halogens is 1. The van der Waals surface area contributed by atoms with Crippen LogP contribution in [-0.4, -0.2) is 30.8 Å². The van der Waals surface area contributed by atoms with Gasteiger partial charge in [-0.25, -0.2) is 14.4 Å². The van der Waals surface area contributed by atoms with Crippen molar-refractivity contribution in [3.05, 3.63) is 76.0 Å². The zero-order valence-corrected chi connectivity index (χ0v) is 16.5. The number of hydrogen-bond acceptors (Lipinski definition) is 7. The van der Waals surface area contributed by atoms with Crippen molar-refractivity contribution >= 4 is 35.2 Å². The molecule has 1 aliphatic rings. The lowest BCUT2D eigenvalue weighted by Gasteiger charge is -2.17. The second-order valence-corrected chi connectivity index (χ2v) is 6.49. The fourth-order valence-electron chi connectivity index (χ4n) is 2.64. The number of aryl methyl sites for hydroxylation is 1. The molecule has 1 N–H and O–H groups in total. The number of anilines is 1. The van der Waals surface area contributed by atoms with Crippen LogP contribution < -0.4 is 5.32 Å². The highest BCUT2D eigenvalue weighted by Gasteiger charge is 2.37. The highest BCUT2D eigenvalue weighted by atomic mass is 35.5. The highest BCUT2D eigenvalue weighted by molar-refractivity contribution is 6.42. The highest BCUT2D eigenvalue weighted by Crippen LogP contribution is 2.29. The average Bonchev–Trinajstić information content (AvgIpc) is 2.96. The number of carbonyl (C=O) groups excluding carboxylic acids is 3. The molecule has 8 heteroatoms. The van der Waals surface area contributed by atoms with E-state index in [4.69, 9.17) is 25.8 Å². The number of nitrogens with one attached hydrogen (secondary N) is 1. The summed E-state index contributed by atoms with van der Waals surface area (Å²) in [5.74, 6) is -1.90. The first-order valence-corrected chi connectivity index (χ1v) is 9.20. The van der Waals surface area contributed by atoms with E-state index in [-0.39, 0.29) is 17.3 Å². The molecule has 0 saturated heterocycles. The van der Waals surface area contributed by atoms with E-state index in [2.05, 4.69) is 5.32 Å². The van der Waals surface area contributed by atoms with Crippen LogP contribution in [0.5, 0.6) is 0 Å². The predicted molar refractivity (Wildman–Crippen MR) is 105 cm³/mol. The van der Waals surface area contributed by atoms with Crippen molar-refractivity contribution in [2.24, 2.45) is 0 Å². The van der Waals surface area contributed by atoms with E-state index in [0.29, 0.717) is 16.8 Å². The summed E-state index contributed by atoms with van der Waals surface area (Å²) in [5.41, 5.74) is 2.06. The van der Waals surface area contributed by atoms with Crippen LogP contribution in [0.3, 0.4) is 0 Å². The number of esters is 3. The maximum Gasteiger partial charge on any atom is 0.355 e. The minimum Gasteiger partial charge on any atom is -0.462 e. The monoisotopic (exact) mass is 415 g/mol. The van der Waals surface area contributed by atoms with Crippen LogP contribution in [0.2, 0.25) is 0 Å². The molecule has 0 saturated carbocycles. The van der Waals surface area contributed by atoms with Crippen molar-refractivity contribution in [1.82, 2.24) is 0 Å². The van der Waals surface area contributed by atoms with Gasteiger partial charge in [0.2, 0.25) is 0 Å². The van der Waals surface area contributed by atoms with Gasteiger partial charge < -0.3 is 19.5 Å². The third-order valence-electron chi connectivity index (χ3n) is 4.12. The van der Waals surface area contributed by atoms with Crippen molar-refractivity contribution in [2.45, 2.75) is 20.1 Å². The standard InChI is InChI=1S/C21H18ClNO6/c1-3-27-18(24)13-8-10-14(11-9-13)23-17-16(22)20(26)29-21(17)28-19(25)15-7-5-4-6-12(15)2/h4-11,21,23H,3H2,1-2H3. The molecular weight excluding hydrogens is 398 g/mol. The van der Waals surface area contributed by atoms with Gasteiger partial charge in [-0.3, -0.25) is 0 Å². The van der Waals surface area contributed by atoms with Gasteiger partial charge >= 0.3 is 17.9 Å². The summed E-state index contributed by atoms with van der Waals surface area (Å²) in [6, 6.07) is 13.2. The molecule has 0 radical (unpaired) electrons. The minimum absolute atomic E-state index is 0.0995. The Balaban J connectivity index is 1.76. The number of cyclic esters (lactones) is 1. The van der Waals surface area contributed by atoms with Gasteiger partial charge in [0, 0.05) is 5.69 Å². The SMILES string of the molecule is CCOC(=O)c1ccc(NC2=C(Cl)C(=O)OC2OC(=O)c2ccccc2C)cc1. The van der Waals surface area contributed by atoms with Gasteiger partial charge in [0.25, 0.3) is 6.29 Å². The summed E-state index contributed by atoms with van der Waals surface area (Å²) in [7, 11) is 0. The fourth-order valence-corrected chi connectivity index (χ4v) is 2.82. The maximum absolute atomic E-state index is 12.5. The first-order valence-electron chi connectivity index (χ1n) is 8.82. The summed E-state index contributed by atoms with van der Waals surface area (Å²) >= 11 is 6.03. The van der Waals surface area contributed by atoms with Gasteiger partial charge in [-0.15, -0.1) is 0 Å². The van der Waals surface area contributed by atoms with Gasteiger partial charge in [0.15, 0.2) is 5.03 Å². The van der Waals surface area contributed by atoms with Crippen LogP contribution in [0.1, 0.15) is 33.2 Å². The summed E-state index contributed by atoms with van der Waals surface area (Å²) in [4.78, 5) is 36.1. The number of ether oxygens (including phenoxy) is 3.